The molecule has 2 N–H and O–H groups in total. The predicted molar refractivity (Wildman–Crippen MR) is 99.5 cm³/mol. The maximum atomic E-state index is 13.7. The van der Waals surface area contributed by atoms with Gasteiger partial charge in [0.25, 0.3) is 0 Å². The highest BCUT2D eigenvalue weighted by Crippen LogP contribution is 2.24. The van der Waals surface area contributed by atoms with Crippen LogP contribution in [-0.2, 0) is 13.1 Å². The molecular formula is C19H24FN3O3. The number of nitrogens with zero attached hydrogens (tertiary/aromatic N) is 1. The molecule has 0 aliphatic rings. The van der Waals surface area contributed by atoms with Gasteiger partial charge in [-0.2, -0.15) is 0 Å². The number of halogens is 1. The van der Waals surface area contributed by atoms with Crippen molar-refractivity contribution in [3.8, 4) is 17.2 Å². The molecule has 0 aliphatic heterocycles. The van der Waals surface area contributed by atoms with Crippen LogP contribution in [0, 0.1) is 5.82 Å². The SMILES string of the molecule is CN=C(NCc1ccc(OC)c(F)c1)NCc1ccc(OC)cc1OC. The van der Waals surface area contributed by atoms with Crippen LogP contribution in [0.15, 0.2) is 41.4 Å². The number of benzene rings is 2. The van der Waals surface area contributed by atoms with Crippen LogP contribution in [0.2, 0.25) is 0 Å². The number of aliphatic imine (C=N–C) groups is 1. The fourth-order valence-electron chi connectivity index (χ4n) is 2.40. The highest BCUT2D eigenvalue weighted by atomic mass is 19.1. The van der Waals surface area contributed by atoms with Gasteiger partial charge in [0.1, 0.15) is 11.5 Å². The van der Waals surface area contributed by atoms with Crippen LogP contribution in [0.5, 0.6) is 17.2 Å². The molecule has 2 aromatic carbocycles. The number of guanidine groups is 1. The lowest BCUT2D eigenvalue weighted by atomic mass is 10.2. The van der Waals surface area contributed by atoms with E-state index in [1.54, 1.807) is 33.4 Å². The molecule has 0 unspecified atom stereocenters. The lowest BCUT2D eigenvalue weighted by Gasteiger charge is -2.15. The topological polar surface area (TPSA) is 64.1 Å². The third-order valence-electron chi connectivity index (χ3n) is 3.84. The lowest BCUT2D eigenvalue weighted by Crippen LogP contribution is -2.36. The van der Waals surface area contributed by atoms with Crippen LogP contribution in [0.25, 0.3) is 0 Å². The van der Waals surface area contributed by atoms with Crippen molar-refractivity contribution < 1.29 is 18.6 Å². The van der Waals surface area contributed by atoms with Gasteiger partial charge in [-0.05, 0) is 29.8 Å². The standard InChI is InChI=1S/C19H24FN3O3/c1-21-19(22-11-13-5-8-17(25-3)16(20)9-13)23-12-14-6-7-15(24-2)10-18(14)26-4/h5-10H,11-12H2,1-4H3,(H2,21,22,23). The summed E-state index contributed by atoms with van der Waals surface area (Å²) in [7, 11) is 6.34. The zero-order chi connectivity index (χ0) is 18.9. The molecule has 0 aromatic heterocycles. The molecule has 0 bridgehead atoms. The van der Waals surface area contributed by atoms with E-state index in [0.717, 1.165) is 22.6 Å². The molecule has 0 saturated heterocycles. The third-order valence-corrected chi connectivity index (χ3v) is 3.84. The average Bonchev–Trinajstić information content (AvgIpc) is 2.68. The minimum Gasteiger partial charge on any atom is -0.497 e. The molecule has 140 valence electrons. The van der Waals surface area contributed by atoms with Crippen LogP contribution in [0.4, 0.5) is 4.39 Å². The van der Waals surface area contributed by atoms with E-state index in [1.807, 2.05) is 18.2 Å². The zero-order valence-electron chi connectivity index (χ0n) is 15.4. The molecule has 0 atom stereocenters. The van der Waals surface area contributed by atoms with E-state index in [9.17, 15) is 4.39 Å². The number of rotatable bonds is 7. The Labute approximate surface area is 153 Å². The first-order valence-corrected chi connectivity index (χ1v) is 8.09. The molecule has 0 fully saturated rings. The Morgan fingerprint density at radius 2 is 1.65 bits per heavy atom. The normalized spacial score (nSPS) is 11.0. The van der Waals surface area contributed by atoms with Crippen molar-refractivity contribution in [2.45, 2.75) is 13.1 Å². The minimum absolute atomic E-state index is 0.225. The summed E-state index contributed by atoms with van der Waals surface area (Å²) in [4.78, 5) is 4.17. The van der Waals surface area contributed by atoms with Gasteiger partial charge < -0.3 is 24.8 Å². The summed E-state index contributed by atoms with van der Waals surface area (Å²) in [5, 5.41) is 6.35. The van der Waals surface area contributed by atoms with Crippen molar-refractivity contribution >= 4 is 5.96 Å². The van der Waals surface area contributed by atoms with Crippen LogP contribution in [-0.4, -0.2) is 34.3 Å². The van der Waals surface area contributed by atoms with E-state index in [1.165, 1.54) is 13.2 Å². The smallest absolute Gasteiger partial charge is 0.191 e. The second-order valence-electron chi connectivity index (χ2n) is 5.43. The number of methoxy groups -OCH3 is 3. The van der Waals surface area contributed by atoms with Crippen molar-refractivity contribution in [3.05, 3.63) is 53.3 Å². The lowest BCUT2D eigenvalue weighted by molar-refractivity contribution is 0.386. The second kappa shape index (κ2) is 9.50. The molecule has 0 aliphatic carbocycles. The Kier molecular flexibility index (Phi) is 7.08. The minimum atomic E-state index is -0.391. The highest BCUT2D eigenvalue weighted by molar-refractivity contribution is 5.79. The molecule has 0 saturated carbocycles. The monoisotopic (exact) mass is 361 g/mol. The molecule has 6 nitrogen and oxygen atoms in total. The van der Waals surface area contributed by atoms with Crippen molar-refractivity contribution in [1.29, 1.82) is 0 Å². The Balaban J connectivity index is 1.95. The number of hydrogen-bond donors (Lipinski definition) is 2. The predicted octanol–water partition coefficient (Wildman–Crippen LogP) is 2.72. The Bertz CT molecular complexity index is 766. The summed E-state index contributed by atoms with van der Waals surface area (Å²) in [5.74, 6) is 1.89. The second-order valence-corrected chi connectivity index (χ2v) is 5.43. The fraction of sp³-hybridized carbons (Fsp3) is 0.316. The largest absolute Gasteiger partial charge is 0.497 e. The Morgan fingerprint density at radius 1 is 0.923 bits per heavy atom. The van der Waals surface area contributed by atoms with E-state index >= 15 is 0 Å². The summed E-state index contributed by atoms with van der Waals surface area (Å²) in [6, 6.07) is 10.5. The summed E-state index contributed by atoms with van der Waals surface area (Å²) in [6.07, 6.45) is 0. The van der Waals surface area contributed by atoms with Gasteiger partial charge in [0.05, 0.1) is 21.3 Å². The Hall–Kier alpha value is -2.96. The van der Waals surface area contributed by atoms with E-state index in [-0.39, 0.29) is 5.75 Å². The summed E-state index contributed by atoms with van der Waals surface area (Å²) in [6.45, 7) is 0.949. The van der Waals surface area contributed by atoms with Crippen molar-refractivity contribution in [3.63, 3.8) is 0 Å². The molecule has 2 rings (SSSR count). The van der Waals surface area contributed by atoms with Crippen molar-refractivity contribution in [2.24, 2.45) is 4.99 Å². The highest BCUT2D eigenvalue weighted by Gasteiger charge is 2.07. The van der Waals surface area contributed by atoms with Gasteiger partial charge >= 0.3 is 0 Å². The van der Waals surface area contributed by atoms with E-state index in [2.05, 4.69) is 15.6 Å². The van der Waals surface area contributed by atoms with Crippen LogP contribution < -0.4 is 24.8 Å². The number of hydrogen-bond acceptors (Lipinski definition) is 4. The van der Waals surface area contributed by atoms with Crippen LogP contribution in [0.3, 0.4) is 0 Å². The van der Waals surface area contributed by atoms with Gasteiger partial charge in [0.2, 0.25) is 0 Å². The van der Waals surface area contributed by atoms with Crippen molar-refractivity contribution in [1.82, 2.24) is 10.6 Å². The molecule has 26 heavy (non-hydrogen) atoms. The van der Waals surface area contributed by atoms with Gasteiger partial charge in [0.15, 0.2) is 17.5 Å². The van der Waals surface area contributed by atoms with Crippen LogP contribution >= 0.6 is 0 Å². The Morgan fingerprint density at radius 3 is 2.27 bits per heavy atom. The van der Waals surface area contributed by atoms with Gasteiger partial charge in [-0.15, -0.1) is 0 Å². The maximum absolute atomic E-state index is 13.7. The molecule has 0 amide bonds. The first kappa shape index (κ1) is 19.4. The molecule has 2 aromatic rings. The van der Waals surface area contributed by atoms with Crippen LogP contribution in [0.1, 0.15) is 11.1 Å². The first-order chi connectivity index (χ1) is 12.6. The van der Waals surface area contributed by atoms with E-state index < -0.39 is 5.82 Å². The summed E-state index contributed by atoms with van der Waals surface area (Å²) < 4.78 is 29.2. The molecule has 0 spiro atoms. The van der Waals surface area contributed by atoms with Gasteiger partial charge in [-0.3, -0.25) is 4.99 Å². The first-order valence-electron chi connectivity index (χ1n) is 8.09. The third kappa shape index (κ3) is 5.02. The molecule has 7 heteroatoms. The molecular weight excluding hydrogens is 337 g/mol. The zero-order valence-corrected chi connectivity index (χ0v) is 15.4. The van der Waals surface area contributed by atoms with E-state index in [4.69, 9.17) is 14.2 Å². The maximum Gasteiger partial charge on any atom is 0.191 e. The summed E-state index contributed by atoms with van der Waals surface area (Å²) >= 11 is 0. The quantitative estimate of drug-likeness (QED) is 0.586. The number of ether oxygens (including phenoxy) is 3. The molecule has 0 radical (unpaired) electrons. The summed E-state index contributed by atoms with van der Waals surface area (Å²) in [5.41, 5.74) is 1.75. The average molecular weight is 361 g/mol. The van der Waals surface area contributed by atoms with Gasteiger partial charge in [-0.25, -0.2) is 4.39 Å². The fourth-order valence-corrected chi connectivity index (χ4v) is 2.40. The molecule has 0 heterocycles. The number of nitrogens with one attached hydrogen (secondary N) is 2. The van der Waals surface area contributed by atoms with E-state index in [0.29, 0.717) is 19.0 Å². The van der Waals surface area contributed by atoms with Gasteiger partial charge in [0, 0.05) is 31.8 Å². The van der Waals surface area contributed by atoms with Crippen molar-refractivity contribution in [2.75, 3.05) is 28.4 Å². The van der Waals surface area contributed by atoms with Gasteiger partial charge in [-0.1, -0.05) is 6.07 Å².